The summed E-state index contributed by atoms with van der Waals surface area (Å²) < 4.78 is 1.07. The van der Waals surface area contributed by atoms with Crippen LogP contribution in [0.3, 0.4) is 0 Å². The fraction of sp³-hybridized carbons (Fsp3) is 0.217. The van der Waals surface area contributed by atoms with Gasteiger partial charge in [-0.25, -0.2) is 0 Å². The van der Waals surface area contributed by atoms with Crippen LogP contribution in [0.4, 0.5) is 5.69 Å². The Hall–Kier alpha value is -2.63. The van der Waals surface area contributed by atoms with Crippen LogP contribution in [-0.4, -0.2) is 30.3 Å². The van der Waals surface area contributed by atoms with E-state index in [1.165, 1.54) is 22.3 Å². The molecule has 4 nitrogen and oxygen atoms in total. The van der Waals surface area contributed by atoms with E-state index in [0.29, 0.717) is 5.02 Å². The van der Waals surface area contributed by atoms with Gasteiger partial charge in [-0.3, -0.25) is 9.59 Å². The number of carbonyl (C=O) groups excluding carboxylic acids is 2. The van der Waals surface area contributed by atoms with Crippen molar-refractivity contribution < 1.29 is 9.59 Å². The standard InChI is InChI=1S/C23H23ClN2O2S/c1-14-11-15(2)23(16(3)12-14)25-20(27)13-26(4)21(28)10-9-19-22(24)17-7-5-6-8-18(17)29-19/h5-12H,13H2,1-4H3,(H,25,27)/b10-9+. The number of nitrogens with zero attached hydrogens (tertiary/aromatic N) is 1. The van der Waals surface area contributed by atoms with E-state index < -0.39 is 0 Å². The summed E-state index contributed by atoms with van der Waals surface area (Å²) in [6.07, 6.45) is 3.16. The summed E-state index contributed by atoms with van der Waals surface area (Å²) in [5.41, 5.74) is 3.96. The summed E-state index contributed by atoms with van der Waals surface area (Å²) in [6, 6.07) is 11.9. The molecule has 0 bridgehead atoms. The van der Waals surface area contributed by atoms with Crippen molar-refractivity contribution in [1.29, 1.82) is 0 Å². The minimum absolute atomic E-state index is 0.0317. The van der Waals surface area contributed by atoms with Gasteiger partial charge in [0.05, 0.1) is 11.6 Å². The van der Waals surface area contributed by atoms with Crippen molar-refractivity contribution in [2.24, 2.45) is 0 Å². The molecule has 0 aliphatic carbocycles. The van der Waals surface area contributed by atoms with Gasteiger partial charge in [0.1, 0.15) is 0 Å². The van der Waals surface area contributed by atoms with Crippen LogP contribution in [0.5, 0.6) is 0 Å². The van der Waals surface area contributed by atoms with Gasteiger partial charge in [0, 0.05) is 33.8 Å². The first-order valence-electron chi connectivity index (χ1n) is 9.24. The third kappa shape index (κ3) is 4.86. The molecule has 2 amide bonds. The molecular weight excluding hydrogens is 404 g/mol. The Morgan fingerprint density at radius 1 is 1.14 bits per heavy atom. The first-order chi connectivity index (χ1) is 13.8. The van der Waals surface area contributed by atoms with E-state index in [1.807, 2.05) is 57.2 Å². The lowest BCUT2D eigenvalue weighted by molar-refractivity contribution is -0.129. The molecule has 150 valence electrons. The first kappa shape index (κ1) is 21.1. The summed E-state index contributed by atoms with van der Waals surface area (Å²) >= 11 is 7.93. The van der Waals surface area contributed by atoms with Crippen LogP contribution in [0.15, 0.2) is 42.5 Å². The zero-order valence-corrected chi connectivity index (χ0v) is 18.4. The van der Waals surface area contributed by atoms with Crippen LogP contribution in [0.2, 0.25) is 5.02 Å². The number of nitrogens with one attached hydrogen (secondary N) is 1. The fourth-order valence-electron chi connectivity index (χ4n) is 3.26. The molecule has 6 heteroatoms. The summed E-state index contributed by atoms with van der Waals surface area (Å²) in [5.74, 6) is -0.491. The van der Waals surface area contributed by atoms with Gasteiger partial charge in [-0.15, -0.1) is 11.3 Å². The highest BCUT2D eigenvalue weighted by molar-refractivity contribution is 7.20. The van der Waals surface area contributed by atoms with Crippen molar-refractivity contribution in [1.82, 2.24) is 4.90 Å². The Bertz CT molecular complexity index is 1090. The van der Waals surface area contributed by atoms with Crippen LogP contribution in [0.25, 0.3) is 16.2 Å². The van der Waals surface area contributed by atoms with E-state index in [2.05, 4.69) is 5.32 Å². The second-order valence-electron chi connectivity index (χ2n) is 7.13. The highest BCUT2D eigenvalue weighted by Crippen LogP contribution is 2.35. The van der Waals surface area contributed by atoms with E-state index in [1.54, 1.807) is 13.1 Å². The van der Waals surface area contributed by atoms with Gasteiger partial charge in [0.25, 0.3) is 0 Å². The van der Waals surface area contributed by atoms with E-state index in [9.17, 15) is 9.59 Å². The zero-order valence-electron chi connectivity index (χ0n) is 16.9. The number of rotatable bonds is 5. The maximum absolute atomic E-state index is 12.4. The second kappa shape index (κ2) is 8.80. The van der Waals surface area contributed by atoms with Crippen molar-refractivity contribution >= 4 is 56.6 Å². The molecule has 1 N–H and O–H groups in total. The molecule has 0 fully saturated rings. The molecule has 0 spiro atoms. The molecule has 0 unspecified atom stereocenters. The van der Waals surface area contributed by atoms with Crippen molar-refractivity contribution in [2.45, 2.75) is 20.8 Å². The fourth-order valence-corrected chi connectivity index (χ4v) is 4.66. The van der Waals surface area contributed by atoms with Gasteiger partial charge in [0.15, 0.2) is 0 Å². The Morgan fingerprint density at radius 3 is 2.45 bits per heavy atom. The number of hydrogen-bond acceptors (Lipinski definition) is 3. The first-order valence-corrected chi connectivity index (χ1v) is 10.4. The van der Waals surface area contributed by atoms with Gasteiger partial charge in [-0.1, -0.05) is 47.5 Å². The number of likely N-dealkylation sites (N-methyl/N-ethyl adjacent to an activating group) is 1. The number of anilines is 1. The maximum atomic E-state index is 12.4. The molecule has 1 aromatic heterocycles. The van der Waals surface area contributed by atoms with Crippen molar-refractivity contribution in [2.75, 3.05) is 18.9 Å². The SMILES string of the molecule is Cc1cc(C)c(NC(=O)CN(C)C(=O)/C=C/c2sc3ccccc3c2Cl)c(C)c1. The quantitative estimate of drug-likeness (QED) is 0.540. The number of benzene rings is 2. The normalized spacial score (nSPS) is 11.2. The van der Waals surface area contributed by atoms with Crippen LogP contribution < -0.4 is 5.32 Å². The molecule has 0 radical (unpaired) electrons. The van der Waals surface area contributed by atoms with E-state index in [4.69, 9.17) is 11.6 Å². The molecule has 3 rings (SSSR count). The number of carbonyl (C=O) groups is 2. The van der Waals surface area contributed by atoms with Gasteiger partial charge >= 0.3 is 0 Å². The third-order valence-electron chi connectivity index (χ3n) is 4.64. The average Bonchev–Trinajstić information content (AvgIpc) is 2.98. The largest absolute Gasteiger partial charge is 0.333 e. The Kier molecular flexibility index (Phi) is 6.40. The smallest absolute Gasteiger partial charge is 0.246 e. The highest BCUT2D eigenvalue weighted by Gasteiger charge is 2.14. The maximum Gasteiger partial charge on any atom is 0.246 e. The number of amides is 2. The summed E-state index contributed by atoms with van der Waals surface area (Å²) in [4.78, 5) is 27.0. The van der Waals surface area contributed by atoms with Gasteiger partial charge in [0.2, 0.25) is 11.8 Å². The lowest BCUT2D eigenvalue weighted by Crippen LogP contribution is -2.34. The highest BCUT2D eigenvalue weighted by atomic mass is 35.5. The number of halogens is 1. The third-order valence-corrected chi connectivity index (χ3v) is 6.29. The summed E-state index contributed by atoms with van der Waals surface area (Å²) in [7, 11) is 1.60. The Labute approximate surface area is 179 Å². The lowest BCUT2D eigenvalue weighted by Gasteiger charge is -2.17. The molecule has 0 atom stereocenters. The Balaban J connectivity index is 1.65. The molecule has 2 aromatic carbocycles. The van der Waals surface area contributed by atoms with Gasteiger partial charge in [-0.2, -0.15) is 0 Å². The molecule has 0 saturated carbocycles. The predicted octanol–water partition coefficient (Wildman–Crippen LogP) is 5.59. The lowest BCUT2D eigenvalue weighted by atomic mass is 10.1. The summed E-state index contributed by atoms with van der Waals surface area (Å²) in [5, 5.41) is 4.53. The minimum Gasteiger partial charge on any atom is -0.333 e. The molecule has 0 aliphatic heterocycles. The van der Waals surface area contributed by atoms with Crippen LogP contribution >= 0.6 is 22.9 Å². The molecular formula is C23H23ClN2O2S. The van der Waals surface area contributed by atoms with E-state index in [-0.39, 0.29) is 18.4 Å². The topological polar surface area (TPSA) is 49.4 Å². The number of hydrogen-bond donors (Lipinski definition) is 1. The number of fused-ring (bicyclic) bond motifs is 1. The van der Waals surface area contributed by atoms with Crippen LogP contribution in [0, 0.1) is 20.8 Å². The van der Waals surface area contributed by atoms with Gasteiger partial charge in [-0.05, 0) is 44.0 Å². The minimum atomic E-state index is -0.258. The van der Waals surface area contributed by atoms with Gasteiger partial charge < -0.3 is 10.2 Å². The molecule has 29 heavy (non-hydrogen) atoms. The number of thiophene rings is 1. The van der Waals surface area contributed by atoms with Crippen LogP contribution in [-0.2, 0) is 9.59 Å². The second-order valence-corrected chi connectivity index (χ2v) is 8.59. The predicted molar refractivity (Wildman–Crippen MR) is 123 cm³/mol. The average molecular weight is 427 g/mol. The van der Waals surface area contributed by atoms with Crippen molar-refractivity contribution in [3.05, 3.63) is 69.1 Å². The molecule has 0 aliphatic rings. The zero-order chi connectivity index (χ0) is 21.1. The van der Waals surface area contributed by atoms with E-state index >= 15 is 0 Å². The summed E-state index contributed by atoms with van der Waals surface area (Å²) in [6.45, 7) is 5.91. The number of aryl methyl sites for hydroxylation is 3. The monoisotopic (exact) mass is 426 g/mol. The van der Waals surface area contributed by atoms with E-state index in [0.717, 1.165) is 37.3 Å². The Morgan fingerprint density at radius 2 is 1.79 bits per heavy atom. The molecule has 3 aromatic rings. The molecule has 0 saturated heterocycles. The van der Waals surface area contributed by atoms with Crippen molar-refractivity contribution in [3.8, 4) is 0 Å². The van der Waals surface area contributed by atoms with Crippen LogP contribution in [0.1, 0.15) is 21.6 Å². The van der Waals surface area contributed by atoms with Crippen molar-refractivity contribution in [3.63, 3.8) is 0 Å². The molecule has 1 heterocycles.